The number of hydrogen-bond acceptors (Lipinski definition) is 2. The van der Waals surface area contributed by atoms with E-state index in [1.807, 2.05) is 12.1 Å². The van der Waals surface area contributed by atoms with Gasteiger partial charge in [0.2, 0.25) is 0 Å². The van der Waals surface area contributed by atoms with Crippen LogP contribution in [-0.2, 0) is 17.5 Å². The quantitative estimate of drug-likeness (QED) is 0.164. The normalized spacial score (nSPS) is 40.7. The zero-order chi connectivity index (χ0) is 37.8. The minimum absolute atomic E-state index is 0.0605. The van der Waals surface area contributed by atoms with Gasteiger partial charge in [0.25, 0.3) is 0 Å². The maximum atomic E-state index is 14.6. The van der Waals surface area contributed by atoms with Crippen molar-refractivity contribution in [2.45, 2.75) is 204 Å². The summed E-state index contributed by atoms with van der Waals surface area (Å²) < 4.78 is 49.8. The van der Waals surface area contributed by atoms with Crippen LogP contribution in [0.5, 0.6) is 0 Å². The summed E-state index contributed by atoms with van der Waals surface area (Å²) in [6, 6.07) is 9.07. The second kappa shape index (κ2) is 16.1. The molecule has 0 radical (unpaired) electrons. The summed E-state index contributed by atoms with van der Waals surface area (Å²) in [5, 5.41) is 0. The van der Waals surface area contributed by atoms with E-state index in [4.69, 9.17) is 4.74 Å². The smallest absolute Gasteiger partial charge is 0.376 e. The van der Waals surface area contributed by atoms with Crippen LogP contribution in [0.3, 0.4) is 0 Å². The summed E-state index contributed by atoms with van der Waals surface area (Å²) in [6.45, 7) is 13.4. The molecule has 0 spiro atoms. The fourth-order valence-electron chi connectivity index (χ4n) is 16.1. The van der Waals surface area contributed by atoms with Crippen LogP contribution in [0.4, 0.5) is 13.2 Å². The Kier molecular flexibility index (Phi) is 11.9. The number of ether oxygens (including phenoxy) is 1. The molecule has 6 saturated carbocycles. The lowest BCUT2D eigenvalue weighted by atomic mass is 9.73. The zero-order valence-corrected chi connectivity index (χ0v) is 35.9. The van der Waals surface area contributed by atoms with E-state index in [1.54, 1.807) is 6.07 Å². The number of likely N-dealkylation sites (tertiary alicyclic amines) is 1. The Morgan fingerprint density at radius 3 is 1.89 bits per heavy atom. The fourth-order valence-corrected chi connectivity index (χ4v) is 23.7. The number of nitrogens with zero attached hydrogens (tertiary/aromatic N) is 1. The minimum Gasteiger partial charge on any atom is -0.376 e. The molecule has 7 fully saturated rings. The van der Waals surface area contributed by atoms with E-state index in [0.29, 0.717) is 41.9 Å². The van der Waals surface area contributed by atoms with Crippen LogP contribution in [0, 0.1) is 53.3 Å². The van der Waals surface area contributed by atoms with E-state index in [0.717, 1.165) is 53.2 Å². The number of unbranched alkanes of at least 4 members (excludes halogenated alkanes) is 3. The van der Waals surface area contributed by atoms with E-state index in [9.17, 15) is 13.2 Å². The molecule has 6 heteroatoms. The van der Waals surface area contributed by atoms with Gasteiger partial charge in [-0.2, -0.15) is 13.2 Å². The summed E-state index contributed by atoms with van der Waals surface area (Å²) in [5.41, 5.74) is 1.90. The molecule has 8 rings (SSSR count). The minimum atomic E-state index is -4.30. The second-order valence-electron chi connectivity index (χ2n) is 21.6. The van der Waals surface area contributed by atoms with Gasteiger partial charge in [-0.05, 0) is 142 Å². The van der Waals surface area contributed by atoms with E-state index in [1.165, 1.54) is 134 Å². The van der Waals surface area contributed by atoms with Crippen LogP contribution in [0.2, 0.25) is 23.7 Å². The number of halogens is 3. The molecule has 0 amide bonds. The molecule has 2 nitrogen and oxygen atoms in total. The predicted molar refractivity (Wildman–Crippen MR) is 219 cm³/mol. The lowest BCUT2D eigenvalue weighted by molar-refractivity contribution is -0.138. The second-order valence-corrected chi connectivity index (χ2v) is 26.4. The fraction of sp³-hybridized carbons (Fsp3) is 0.875. The molecular weight excluding hydrogens is 692 g/mol. The Morgan fingerprint density at radius 1 is 0.685 bits per heavy atom. The molecule has 7 aliphatic rings. The molecule has 1 saturated heterocycles. The standard InChI is InChI=1S/C48H76F3NOSi/c1-32-26-27-42-40(30-32)43-44(52(42)31-33-18-8-15-25-41(33)48(49,50)51)36-21-11-14-24-39(36)46(43)54(5,29-17-7-6-16-28-53-47(2,3)4)45-37-22-12-9-19-34(37)35-20-10-13-23-38(35)45/h8,15,18,25,32,34-40,42-46H,6-7,9-14,16-17,19-24,26-31H2,1-5H3. The van der Waals surface area contributed by atoms with Gasteiger partial charge in [0.15, 0.2) is 0 Å². The lowest BCUT2D eigenvalue weighted by Crippen LogP contribution is -2.51. The Balaban J connectivity index is 1.17. The van der Waals surface area contributed by atoms with Crippen molar-refractivity contribution in [3.8, 4) is 0 Å². The highest BCUT2D eigenvalue weighted by molar-refractivity contribution is 6.81. The van der Waals surface area contributed by atoms with Gasteiger partial charge in [-0.25, -0.2) is 0 Å². The monoisotopic (exact) mass is 768 g/mol. The maximum Gasteiger partial charge on any atom is 0.416 e. The Labute approximate surface area is 328 Å². The van der Waals surface area contributed by atoms with Crippen LogP contribution < -0.4 is 0 Å². The average molecular weight is 768 g/mol. The molecule has 0 bridgehead atoms. The van der Waals surface area contributed by atoms with Crippen molar-refractivity contribution in [2.75, 3.05) is 6.61 Å². The van der Waals surface area contributed by atoms with Gasteiger partial charge in [0.1, 0.15) is 0 Å². The molecule has 304 valence electrons. The van der Waals surface area contributed by atoms with Crippen LogP contribution in [0.1, 0.15) is 161 Å². The first-order valence-electron chi connectivity index (χ1n) is 23.4. The maximum absolute atomic E-state index is 14.6. The molecule has 1 aromatic rings. The molecule has 13 atom stereocenters. The molecule has 54 heavy (non-hydrogen) atoms. The highest BCUT2D eigenvalue weighted by Crippen LogP contribution is 2.72. The van der Waals surface area contributed by atoms with Crippen LogP contribution >= 0.6 is 0 Å². The number of benzene rings is 1. The van der Waals surface area contributed by atoms with Gasteiger partial charge < -0.3 is 4.74 Å². The van der Waals surface area contributed by atoms with Gasteiger partial charge in [-0.15, -0.1) is 0 Å². The SMILES string of the molecule is CC1CCC2C(C1)C1C(C3CCCCC3C1[Si](C)(CCCCCCOC(C)(C)C)C1C3CCCCC3C3CCCCC31)N2Cc1ccccc1C(F)(F)F. The summed E-state index contributed by atoms with van der Waals surface area (Å²) in [7, 11) is -1.89. The van der Waals surface area contributed by atoms with Crippen molar-refractivity contribution in [2.24, 2.45) is 53.3 Å². The number of rotatable bonds is 11. The molecule has 0 aromatic heterocycles. The third-order valence-corrected chi connectivity index (χ3v) is 23.7. The van der Waals surface area contributed by atoms with E-state index < -0.39 is 19.8 Å². The molecule has 1 heterocycles. The van der Waals surface area contributed by atoms with Crippen molar-refractivity contribution in [1.82, 2.24) is 4.90 Å². The van der Waals surface area contributed by atoms with Gasteiger partial charge in [-0.1, -0.05) is 115 Å². The molecule has 1 aromatic carbocycles. The molecule has 13 unspecified atom stereocenters. The first-order chi connectivity index (χ1) is 25.9. The predicted octanol–water partition coefficient (Wildman–Crippen LogP) is 14.0. The van der Waals surface area contributed by atoms with Gasteiger partial charge in [0, 0.05) is 25.2 Å². The Hall–Kier alpha value is -0.853. The van der Waals surface area contributed by atoms with Gasteiger partial charge in [0.05, 0.1) is 19.2 Å². The third kappa shape index (κ3) is 7.59. The van der Waals surface area contributed by atoms with Crippen molar-refractivity contribution >= 4 is 8.07 Å². The first-order valence-corrected chi connectivity index (χ1v) is 26.3. The number of alkyl halides is 3. The highest BCUT2D eigenvalue weighted by Gasteiger charge is 2.69. The molecule has 1 aliphatic heterocycles. The van der Waals surface area contributed by atoms with Crippen LogP contribution in [-0.4, -0.2) is 37.3 Å². The first kappa shape index (κ1) is 39.9. The summed E-state index contributed by atoms with van der Waals surface area (Å²) in [4.78, 5) is 2.79. The summed E-state index contributed by atoms with van der Waals surface area (Å²) >= 11 is 0. The van der Waals surface area contributed by atoms with Crippen molar-refractivity contribution in [1.29, 1.82) is 0 Å². The van der Waals surface area contributed by atoms with Crippen LogP contribution in [0.15, 0.2) is 24.3 Å². The van der Waals surface area contributed by atoms with Gasteiger partial charge >= 0.3 is 6.18 Å². The largest absolute Gasteiger partial charge is 0.416 e. The van der Waals surface area contributed by atoms with E-state index in [2.05, 4.69) is 39.1 Å². The average Bonchev–Trinajstić information content (AvgIpc) is 3.77. The third-order valence-electron chi connectivity index (χ3n) is 17.6. The van der Waals surface area contributed by atoms with Crippen molar-refractivity contribution in [3.05, 3.63) is 35.4 Å². The highest BCUT2D eigenvalue weighted by atomic mass is 28.3. The van der Waals surface area contributed by atoms with Gasteiger partial charge in [-0.3, -0.25) is 4.90 Å². The number of hydrogen-bond donors (Lipinski definition) is 0. The molecular formula is C48H76F3NOSi. The van der Waals surface area contributed by atoms with E-state index in [-0.39, 0.29) is 5.60 Å². The molecule has 0 N–H and O–H groups in total. The molecule has 6 aliphatic carbocycles. The van der Waals surface area contributed by atoms with Crippen molar-refractivity contribution < 1.29 is 17.9 Å². The Morgan fingerprint density at radius 2 is 1.26 bits per heavy atom. The summed E-state index contributed by atoms with van der Waals surface area (Å²) in [5.74, 6) is 7.47. The lowest BCUT2D eigenvalue weighted by Gasteiger charge is -2.52. The van der Waals surface area contributed by atoms with E-state index >= 15 is 0 Å². The summed E-state index contributed by atoms with van der Waals surface area (Å²) in [6.07, 6.45) is 21.8. The number of fused-ring (bicyclic) bond motifs is 8. The van der Waals surface area contributed by atoms with Crippen LogP contribution in [0.25, 0.3) is 0 Å². The van der Waals surface area contributed by atoms with Crippen molar-refractivity contribution in [3.63, 3.8) is 0 Å². The zero-order valence-electron chi connectivity index (χ0n) is 34.9. The topological polar surface area (TPSA) is 12.5 Å². The Bertz CT molecular complexity index is 1390.